The SMILES string of the molecule is COC(=O)c1cc(Oc2ccc(N3CCCCC3)nc2)cc(-c2cc(Cl)cc(Cl)c2)c1. The highest BCUT2D eigenvalue weighted by molar-refractivity contribution is 6.35. The molecule has 5 nitrogen and oxygen atoms in total. The second-order valence-corrected chi connectivity index (χ2v) is 8.27. The largest absolute Gasteiger partial charge is 0.465 e. The molecule has 2 heterocycles. The number of rotatable bonds is 5. The minimum Gasteiger partial charge on any atom is -0.465 e. The maximum atomic E-state index is 12.2. The molecule has 2 aromatic carbocycles. The number of aromatic nitrogens is 1. The van der Waals surface area contributed by atoms with E-state index in [9.17, 15) is 4.79 Å². The summed E-state index contributed by atoms with van der Waals surface area (Å²) < 4.78 is 10.9. The Labute approximate surface area is 191 Å². The maximum Gasteiger partial charge on any atom is 0.338 e. The van der Waals surface area contributed by atoms with Crippen LogP contribution in [-0.4, -0.2) is 31.2 Å². The zero-order chi connectivity index (χ0) is 21.8. The lowest BCUT2D eigenvalue weighted by molar-refractivity contribution is 0.0600. The minimum atomic E-state index is -0.460. The van der Waals surface area contributed by atoms with Crippen LogP contribution in [0, 0.1) is 0 Å². The molecule has 1 saturated heterocycles. The first kappa shape index (κ1) is 21.5. The molecule has 160 valence electrons. The smallest absolute Gasteiger partial charge is 0.338 e. The molecule has 3 aromatic rings. The molecule has 1 aliphatic rings. The number of carbonyl (C=O) groups excluding carboxylic acids is 1. The van der Waals surface area contributed by atoms with Gasteiger partial charge in [-0.25, -0.2) is 9.78 Å². The summed E-state index contributed by atoms with van der Waals surface area (Å²) >= 11 is 12.3. The molecule has 0 aliphatic carbocycles. The Morgan fingerprint density at radius 3 is 2.26 bits per heavy atom. The molecule has 0 N–H and O–H groups in total. The van der Waals surface area contributed by atoms with Crippen molar-refractivity contribution in [1.29, 1.82) is 0 Å². The lowest BCUT2D eigenvalue weighted by Crippen LogP contribution is -2.29. The van der Waals surface area contributed by atoms with Crippen LogP contribution in [0.1, 0.15) is 29.6 Å². The number of pyridine rings is 1. The first-order valence-corrected chi connectivity index (χ1v) is 10.9. The third-order valence-electron chi connectivity index (χ3n) is 5.16. The Hall–Kier alpha value is -2.76. The van der Waals surface area contributed by atoms with Crippen molar-refractivity contribution >= 4 is 35.0 Å². The van der Waals surface area contributed by atoms with E-state index in [0.717, 1.165) is 30.0 Å². The van der Waals surface area contributed by atoms with Crippen LogP contribution in [0.2, 0.25) is 10.0 Å². The molecule has 0 amide bonds. The van der Waals surface area contributed by atoms with Crippen molar-refractivity contribution in [3.05, 3.63) is 70.3 Å². The van der Waals surface area contributed by atoms with E-state index in [2.05, 4.69) is 9.88 Å². The van der Waals surface area contributed by atoms with Gasteiger partial charge in [0.15, 0.2) is 0 Å². The highest BCUT2D eigenvalue weighted by Crippen LogP contribution is 2.33. The summed E-state index contributed by atoms with van der Waals surface area (Å²) in [6, 6.07) is 14.3. The highest BCUT2D eigenvalue weighted by atomic mass is 35.5. The molecule has 0 bridgehead atoms. The fourth-order valence-electron chi connectivity index (χ4n) is 3.66. The van der Waals surface area contributed by atoms with Crippen LogP contribution >= 0.6 is 23.2 Å². The van der Waals surface area contributed by atoms with Crippen LogP contribution in [0.5, 0.6) is 11.5 Å². The Bertz CT molecular complexity index is 1060. The summed E-state index contributed by atoms with van der Waals surface area (Å²) in [4.78, 5) is 19.0. The lowest BCUT2D eigenvalue weighted by Gasteiger charge is -2.27. The van der Waals surface area contributed by atoms with Crippen LogP contribution in [0.4, 0.5) is 5.82 Å². The van der Waals surface area contributed by atoms with Crippen LogP contribution in [0.25, 0.3) is 11.1 Å². The predicted octanol–water partition coefficient (Wildman–Crippen LogP) is 6.62. The summed E-state index contributed by atoms with van der Waals surface area (Å²) in [7, 11) is 1.34. The molecular weight excluding hydrogens is 435 g/mol. The number of hydrogen-bond acceptors (Lipinski definition) is 5. The second-order valence-electron chi connectivity index (χ2n) is 7.40. The maximum absolute atomic E-state index is 12.2. The number of benzene rings is 2. The van der Waals surface area contributed by atoms with E-state index in [-0.39, 0.29) is 0 Å². The Morgan fingerprint density at radius 1 is 0.903 bits per heavy atom. The highest BCUT2D eigenvalue weighted by Gasteiger charge is 2.14. The van der Waals surface area contributed by atoms with Crippen molar-refractivity contribution in [3.8, 4) is 22.6 Å². The second kappa shape index (κ2) is 9.58. The van der Waals surface area contributed by atoms with Crippen LogP contribution in [0.3, 0.4) is 0 Å². The average molecular weight is 457 g/mol. The molecular formula is C24H22Cl2N2O3. The van der Waals surface area contributed by atoms with Gasteiger partial charge in [0.2, 0.25) is 0 Å². The summed E-state index contributed by atoms with van der Waals surface area (Å²) in [6.07, 6.45) is 5.35. The molecule has 7 heteroatoms. The van der Waals surface area contributed by atoms with Crippen LogP contribution in [-0.2, 0) is 4.74 Å². The molecule has 0 saturated carbocycles. The normalized spacial score (nSPS) is 13.7. The van der Waals surface area contributed by atoms with Gasteiger partial charge in [-0.1, -0.05) is 23.2 Å². The molecule has 1 fully saturated rings. The molecule has 0 unspecified atom stereocenters. The van der Waals surface area contributed by atoms with Crippen molar-refractivity contribution in [2.75, 3.05) is 25.1 Å². The number of esters is 1. The number of carbonyl (C=O) groups is 1. The van der Waals surface area contributed by atoms with Crippen LogP contribution < -0.4 is 9.64 Å². The summed E-state index contributed by atoms with van der Waals surface area (Å²) in [5.41, 5.74) is 1.87. The molecule has 0 radical (unpaired) electrons. The number of ether oxygens (including phenoxy) is 2. The fourth-order valence-corrected chi connectivity index (χ4v) is 4.19. The van der Waals surface area contributed by atoms with Crippen LogP contribution in [0.15, 0.2) is 54.7 Å². The molecule has 4 rings (SSSR count). The zero-order valence-corrected chi connectivity index (χ0v) is 18.6. The Kier molecular flexibility index (Phi) is 6.64. The van der Waals surface area contributed by atoms with Gasteiger partial charge in [0.1, 0.15) is 17.3 Å². The number of nitrogens with zero attached hydrogens (tertiary/aromatic N) is 2. The predicted molar refractivity (Wildman–Crippen MR) is 124 cm³/mol. The topological polar surface area (TPSA) is 51.7 Å². The van der Waals surface area contributed by atoms with Gasteiger partial charge in [0.25, 0.3) is 0 Å². The van der Waals surface area contributed by atoms with Crippen molar-refractivity contribution in [2.24, 2.45) is 0 Å². The Morgan fingerprint density at radius 2 is 1.61 bits per heavy atom. The number of halogens is 2. The summed E-state index contributed by atoms with van der Waals surface area (Å²) in [6.45, 7) is 2.06. The summed E-state index contributed by atoms with van der Waals surface area (Å²) in [5, 5.41) is 1.01. The van der Waals surface area contributed by atoms with E-state index >= 15 is 0 Å². The molecule has 1 aliphatic heterocycles. The third-order valence-corrected chi connectivity index (χ3v) is 5.60. The number of piperidine rings is 1. The van der Waals surface area contributed by atoms with Crippen molar-refractivity contribution in [3.63, 3.8) is 0 Å². The molecule has 0 spiro atoms. The van der Waals surface area contributed by atoms with Gasteiger partial charge in [0.05, 0.1) is 18.9 Å². The van der Waals surface area contributed by atoms with Gasteiger partial charge in [-0.2, -0.15) is 0 Å². The van der Waals surface area contributed by atoms with Gasteiger partial charge in [-0.15, -0.1) is 0 Å². The molecule has 31 heavy (non-hydrogen) atoms. The lowest BCUT2D eigenvalue weighted by atomic mass is 10.0. The van der Waals surface area contributed by atoms with E-state index in [1.807, 2.05) is 18.2 Å². The van der Waals surface area contributed by atoms with E-state index in [0.29, 0.717) is 27.1 Å². The van der Waals surface area contributed by atoms with Crippen molar-refractivity contribution in [1.82, 2.24) is 4.98 Å². The van der Waals surface area contributed by atoms with E-state index in [1.165, 1.54) is 26.4 Å². The minimum absolute atomic E-state index is 0.365. The number of methoxy groups -OCH3 is 1. The molecule has 1 aromatic heterocycles. The standard InChI is InChI=1S/C24H22Cl2N2O3/c1-30-24(29)18-9-16(17-10-19(25)14-20(26)11-17)12-22(13-18)31-21-5-6-23(27-15-21)28-7-3-2-4-8-28/h5-6,9-15H,2-4,7-8H2,1H3. The number of anilines is 1. The molecule has 0 atom stereocenters. The quantitative estimate of drug-likeness (QED) is 0.403. The zero-order valence-electron chi connectivity index (χ0n) is 17.1. The van der Waals surface area contributed by atoms with Crippen molar-refractivity contribution < 1.29 is 14.3 Å². The fraction of sp³-hybridized carbons (Fsp3) is 0.250. The van der Waals surface area contributed by atoms with E-state index in [4.69, 9.17) is 32.7 Å². The summed E-state index contributed by atoms with van der Waals surface area (Å²) in [5.74, 6) is 1.56. The van der Waals surface area contributed by atoms with Gasteiger partial charge >= 0.3 is 5.97 Å². The van der Waals surface area contributed by atoms with E-state index < -0.39 is 5.97 Å². The Balaban J connectivity index is 1.63. The van der Waals surface area contributed by atoms with Crippen molar-refractivity contribution in [2.45, 2.75) is 19.3 Å². The first-order valence-electron chi connectivity index (χ1n) is 10.1. The first-order chi connectivity index (χ1) is 15.0. The monoisotopic (exact) mass is 456 g/mol. The van der Waals surface area contributed by atoms with Gasteiger partial charge in [0, 0.05) is 23.1 Å². The van der Waals surface area contributed by atoms with Gasteiger partial charge in [-0.05, 0) is 78.9 Å². The average Bonchev–Trinajstić information content (AvgIpc) is 2.79. The third kappa shape index (κ3) is 5.30. The van der Waals surface area contributed by atoms with E-state index in [1.54, 1.807) is 36.5 Å². The van der Waals surface area contributed by atoms with Gasteiger partial charge in [-0.3, -0.25) is 0 Å². The van der Waals surface area contributed by atoms with Gasteiger partial charge < -0.3 is 14.4 Å². The number of hydrogen-bond donors (Lipinski definition) is 0.